The second-order valence-electron chi connectivity index (χ2n) is 4.03. The fourth-order valence-electron chi connectivity index (χ4n) is 1.55. The highest BCUT2D eigenvalue weighted by atomic mass is 35.5. The second kappa shape index (κ2) is 6.27. The standard InChI is InChI=1S/C13H15ClN2OS/c1-2-10(15)7-9-3-4-11(8-12(9)14)18-13-16-5-6-17-13/h3-6,8,10H,2,7,15H2,1H3. The number of oxazole rings is 1. The Morgan fingerprint density at radius 2 is 2.33 bits per heavy atom. The zero-order valence-corrected chi connectivity index (χ0v) is 11.7. The fourth-order valence-corrected chi connectivity index (χ4v) is 2.60. The van der Waals surface area contributed by atoms with Crippen LogP contribution in [0.4, 0.5) is 0 Å². The molecule has 0 aliphatic rings. The van der Waals surface area contributed by atoms with Crippen molar-refractivity contribution >= 4 is 23.4 Å². The maximum Gasteiger partial charge on any atom is 0.260 e. The number of halogens is 1. The zero-order chi connectivity index (χ0) is 13.0. The van der Waals surface area contributed by atoms with Crippen LogP contribution in [-0.4, -0.2) is 11.0 Å². The first-order chi connectivity index (χ1) is 8.69. The summed E-state index contributed by atoms with van der Waals surface area (Å²) in [6.45, 7) is 2.07. The van der Waals surface area contributed by atoms with Crippen molar-refractivity contribution in [3.63, 3.8) is 0 Å². The van der Waals surface area contributed by atoms with Gasteiger partial charge in [-0.2, -0.15) is 0 Å². The molecule has 2 N–H and O–H groups in total. The van der Waals surface area contributed by atoms with Crippen LogP contribution in [0.1, 0.15) is 18.9 Å². The third kappa shape index (κ3) is 3.51. The minimum Gasteiger partial charge on any atom is -0.440 e. The summed E-state index contributed by atoms with van der Waals surface area (Å²) in [4.78, 5) is 5.07. The molecular weight excluding hydrogens is 268 g/mol. The van der Waals surface area contributed by atoms with Gasteiger partial charge < -0.3 is 10.2 Å². The first-order valence-corrected chi connectivity index (χ1v) is 7.00. The highest BCUT2D eigenvalue weighted by Crippen LogP contribution is 2.30. The zero-order valence-electron chi connectivity index (χ0n) is 10.1. The molecular formula is C13H15ClN2OS. The van der Waals surface area contributed by atoms with Gasteiger partial charge in [-0.1, -0.05) is 24.6 Å². The molecule has 1 aromatic heterocycles. The van der Waals surface area contributed by atoms with E-state index in [4.69, 9.17) is 21.8 Å². The summed E-state index contributed by atoms with van der Waals surface area (Å²) in [5.74, 6) is 0. The van der Waals surface area contributed by atoms with Crippen molar-refractivity contribution in [2.45, 2.75) is 35.9 Å². The molecule has 3 nitrogen and oxygen atoms in total. The molecule has 0 fully saturated rings. The predicted molar refractivity (Wildman–Crippen MR) is 74.0 cm³/mol. The van der Waals surface area contributed by atoms with Crippen LogP contribution in [0.25, 0.3) is 0 Å². The number of aromatic nitrogens is 1. The molecule has 1 atom stereocenters. The van der Waals surface area contributed by atoms with Crippen molar-refractivity contribution in [3.8, 4) is 0 Å². The van der Waals surface area contributed by atoms with Gasteiger partial charge in [0, 0.05) is 16.0 Å². The van der Waals surface area contributed by atoms with Crippen molar-refractivity contribution in [1.82, 2.24) is 4.98 Å². The highest BCUT2D eigenvalue weighted by molar-refractivity contribution is 7.99. The van der Waals surface area contributed by atoms with Crippen LogP contribution >= 0.6 is 23.4 Å². The molecule has 96 valence electrons. The van der Waals surface area contributed by atoms with Gasteiger partial charge >= 0.3 is 0 Å². The molecule has 0 spiro atoms. The minimum absolute atomic E-state index is 0.160. The van der Waals surface area contributed by atoms with Crippen LogP contribution in [0.5, 0.6) is 0 Å². The molecule has 0 aliphatic carbocycles. The summed E-state index contributed by atoms with van der Waals surface area (Å²) >= 11 is 7.70. The van der Waals surface area contributed by atoms with Crippen LogP contribution in [0.2, 0.25) is 5.02 Å². The number of benzene rings is 1. The lowest BCUT2D eigenvalue weighted by molar-refractivity contribution is 0.454. The number of nitrogens with zero attached hydrogens (tertiary/aromatic N) is 1. The van der Waals surface area contributed by atoms with Gasteiger partial charge in [-0.25, -0.2) is 4.98 Å². The van der Waals surface area contributed by atoms with Crippen molar-refractivity contribution in [2.75, 3.05) is 0 Å². The normalized spacial score (nSPS) is 12.6. The largest absolute Gasteiger partial charge is 0.440 e. The SMILES string of the molecule is CCC(N)Cc1ccc(Sc2ncco2)cc1Cl. The van der Waals surface area contributed by atoms with Gasteiger partial charge in [0.15, 0.2) is 0 Å². The van der Waals surface area contributed by atoms with Crippen molar-refractivity contribution in [3.05, 3.63) is 41.2 Å². The average Bonchev–Trinajstić information content (AvgIpc) is 2.85. The van der Waals surface area contributed by atoms with E-state index in [2.05, 4.69) is 11.9 Å². The lowest BCUT2D eigenvalue weighted by atomic mass is 10.1. The van der Waals surface area contributed by atoms with Gasteiger partial charge in [0.05, 0.1) is 6.20 Å². The monoisotopic (exact) mass is 282 g/mol. The number of hydrogen-bond donors (Lipinski definition) is 1. The predicted octanol–water partition coefficient (Wildman–Crippen LogP) is 3.76. The van der Waals surface area contributed by atoms with Gasteiger partial charge in [-0.3, -0.25) is 0 Å². The Balaban J connectivity index is 2.09. The second-order valence-corrected chi connectivity index (χ2v) is 5.46. The topological polar surface area (TPSA) is 52.0 Å². The molecule has 0 aliphatic heterocycles. The maximum atomic E-state index is 6.25. The first kappa shape index (κ1) is 13.5. The van der Waals surface area contributed by atoms with Gasteiger partial charge in [0.25, 0.3) is 5.22 Å². The molecule has 2 aromatic rings. The van der Waals surface area contributed by atoms with Gasteiger partial charge in [0.1, 0.15) is 6.26 Å². The Kier molecular flexibility index (Phi) is 4.69. The lowest BCUT2D eigenvalue weighted by Crippen LogP contribution is -2.21. The summed E-state index contributed by atoms with van der Waals surface area (Å²) in [5, 5.41) is 1.36. The van der Waals surface area contributed by atoms with E-state index in [-0.39, 0.29) is 6.04 Å². The van der Waals surface area contributed by atoms with Crippen LogP contribution in [0, 0.1) is 0 Å². The summed E-state index contributed by atoms with van der Waals surface area (Å²) in [7, 11) is 0. The van der Waals surface area contributed by atoms with Crippen molar-refractivity contribution in [1.29, 1.82) is 0 Å². The maximum absolute atomic E-state index is 6.25. The molecule has 1 unspecified atom stereocenters. The Hall–Kier alpha value is -0.970. The van der Waals surface area contributed by atoms with Crippen LogP contribution in [0.3, 0.4) is 0 Å². The third-order valence-corrected chi connectivity index (χ3v) is 3.86. The Morgan fingerprint density at radius 1 is 1.50 bits per heavy atom. The van der Waals surface area contributed by atoms with E-state index in [9.17, 15) is 0 Å². The molecule has 0 saturated carbocycles. The summed E-state index contributed by atoms with van der Waals surface area (Å²) < 4.78 is 5.18. The van der Waals surface area contributed by atoms with E-state index in [0.717, 1.165) is 28.3 Å². The van der Waals surface area contributed by atoms with Crippen molar-refractivity contribution < 1.29 is 4.42 Å². The molecule has 0 amide bonds. The summed E-state index contributed by atoms with van der Waals surface area (Å²) in [6, 6.07) is 6.11. The van der Waals surface area contributed by atoms with E-state index in [1.165, 1.54) is 11.8 Å². The van der Waals surface area contributed by atoms with E-state index in [0.29, 0.717) is 5.22 Å². The summed E-state index contributed by atoms with van der Waals surface area (Å²) in [6.07, 6.45) is 4.93. The number of rotatable bonds is 5. The molecule has 18 heavy (non-hydrogen) atoms. The first-order valence-electron chi connectivity index (χ1n) is 5.80. The van der Waals surface area contributed by atoms with E-state index < -0.39 is 0 Å². The van der Waals surface area contributed by atoms with Crippen LogP contribution in [0.15, 0.2) is 45.2 Å². The molecule has 5 heteroatoms. The molecule has 2 rings (SSSR count). The molecule has 0 saturated heterocycles. The highest BCUT2D eigenvalue weighted by Gasteiger charge is 2.08. The number of nitrogens with two attached hydrogens (primary N) is 1. The average molecular weight is 283 g/mol. The van der Waals surface area contributed by atoms with Gasteiger partial charge in [-0.15, -0.1) is 0 Å². The van der Waals surface area contributed by atoms with E-state index >= 15 is 0 Å². The minimum atomic E-state index is 0.160. The quantitative estimate of drug-likeness (QED) is 0.907. The third-order valence-electron chi connectivity index (χ3n) is 2.65. The van der Waals surface area contributed by atoms with Crippen LogP contribution in [-0.2, 0) is 6.42 Å². The smallest absolute Gasteiger partial charge is 0.260 e. The van der Waals surface area contributed by atoms with Crippen molar-refractivity contribution in [2.24, 2.45) is 5.73 Å². The molecule has 0 bridgehead atoms. The number of hydrogen-bond acceptors (Lipinski definition) is 4. The Bertz CT molecular complexity index is 502. The van der Waals surface area contributed by atoms with Gasteiger partial charge in [0.2, 0.25) is 0 Å². The summed E-state index contributed by atoms with van der Waals surface area (Å²) in [5.41, 5.74) is 7.02. The van der Waals surface area contributed by atoms with Crippen LogP contribution < -0.4 is 5.73 Å². The van der Waals surface area contributed by atoms with E-state index in [1.807, 2.05) is 18.2 Å². The fraction of sp³-hybridized carbons (Fsp3) is 0.308. The van der Waals surface area contributed by atoms with Gasteiger partial charge in [-0.05, 0) is 42.3 Å². The Morgan fingerprint density at radius 3 is 2.94 bits per heavy atom. The molecule has 0 radical (unpaired) electrons. The lowest BCUT2D eigenvalue weighted by Gasteiger charge is -2.10. The Labute approximate surface area is 116 Å². The molecule has 1 aromatic carbocycles. The van der Waals surface area contributed by atoms with E-state index in [1.54, 1.807) is 12.5 Å². The molecule has 1 heterocycles.